The highest BCUT2D eigenvalue weighted by atomic mass is 32.1. The van der Waals surface area contributed by atoms with E-state index in [1.165, 1.54) is 11.3 Å². The molecule has 2 aromatic heterocycles. The zero-order chi connectivity index (χ0) is 27.6. The number of pyridine rings is 1. The molecule has 2 fully saturated rings. The Morgan fingerprint density at radius 2 is 2.21 bits per heavy atom. The fourth-order valence-corrected chi connectivity index (χ4v) is 6.61. The van der Waals surface area contributed by atoms with Crippen LogP contribution in [0.1, 0.15) is 38.7 Å². The van der Waals surface area contributed by atoms with Crippen molar-refractivity contribution in [3.63, 3.8) is 0 Å². The Balaban J connectivity index is 1.44. The van der Waals surface area contributed by atoms with E-state index in [9.17, 15) is 14.7 Å². The van der Waals surface area contributed by atoms with Crippen LogP contribution in [0, 0.1) is 11.3 Å². The summed E-state index contributed by atoms with van der Waals surface area (Å²) in [5, 5.41) is 16.0. The van der Waals surface area contributed by atoms with Crippen LogP contribution in [0.2, 0.25) is 0 Å². The average Bonchev–Trinajstić information content (AvgIpc) is 3.62. The number of fused-ring (bicyclic) bond motifs is 2. The van der Waals surface area contributed by atoms with Gasteiger partial charge in [0.25, 0.3) is 0 Å². The number of anilines is 1. The number of carboxylic acids is 1. The zero-order valence-corrected chi connectivity index (χ0v) is 22.9. The molecule has 3 aromatic rings. The molecule has 9 nitrogen and oxygen atoms in total. The number of carbonyl (C=O) groups is 2. The van der Waals surface area contributed by atoms with E-state index < -0.39 is 11.4 Å². The van der Waals surface area contributed by atoms with Gasteiger partial charge in [-0.25, -0.2) is 14.8 Å². The largest absolute Gasteiger partial charge is 0.481 e. The number of aliphatic imine (C=N–C) groups is 1. The molecule has 2 amide bonds. The first-order valence-electron chi connectivity index (χ1n) is 13.1. The number of hydrogen-bond acceptors (Lipinski definition) is 7. The summed E-state index contributed by atoms with van der Waals surface area (Å²) in [6.45, 7) is 9.59. The van der Waals surface area contributed by atoms with E-state index in [0.29, 0.717) is 37.0 Å². The maximum absolute atomic E-state index is 12.1. The summed E-state index contributed by atoms with van der Waals surface area (Å²) in [5.41, 5.74) is 3.54. The van der Waals surface area contributed by atoms with Crippen LogP contribution in [-0.2, 0) is 4.79 Å². The van der Waals surface area contributed by atoms with Gasteiger partial charge in [0.2, 0.25) is 0 Å². The van der Waals surface area contributed by atoms with Crippen LogP contribution in [0.3, 0.4) is 0 Å². The number of benzene rings is 1. The Morgan fingerprint density at radius 3 is 2.90 bits per heavy atom. The van der Waals surface area contributed by atoms with Gasteiger partial charge < -0.3 is 15.3 Å². The van der Waals surface area contributed by atoms with Crippen molar-refractivity contribution in [2.75, 3.05) is 25.0 Å². The highest BCUT2D eigenvalue weighted by Gasteiger charge is 2.55. The molecule has 0 spiro atoms. The number of likely N-dealkylation sites (tertiary alicyclic amines) is 1. The zero-order valence-electron chi connectivity index (χ0n) is 22.1. The van der Waals surface area contributed by atoms with Gasteiger partial charge in [0.15, 0.2) is 5.13 Å². The molecule has 1 aliphatic heterocycles. The van der Waals surface area contributed by atoms with Crippen molar-refractivity contribution in [3.05, 3.63) is 60.6 Å². The van der Waals surface area contributed by atoms with Crippen molar-refractivity contribution in [3.8, 4) is 11.3 Å². The molecule has 1 aliphatic carbocycles. The van der Waals surface area contributed by atoms with Gasteiger partial charge in [-0.15, -0.1) is 0 Å². The summed E-state index contributed by atoms with van der Waals surface area (Å²) in [4.78, 5) is 40.1. The Hall–Kier alpha value is -4.05. The number of amides is 2. The van der Waals surface area contributed by atoms with E-state index in [1.807, 2.05) is 49.1 Å². The summed E-state index contributed by atoms with van der Waals surface area (Å²) >= 11 is 1.40. The molecule has 1 saturated carbocycles. The predicted octanol–water partition coefficient (Wildman–Crippen LogP) is 5.63. The SMILES string of the molecule is C=C(/N=C\C(=C/C)c1cc(-c2ccccn2)c2sc(NC(=O)NCC)nc2c1)N1CC2CCCC2(C(=O)O)C1. The second kappa shape index (κ2) is 11.0. The maximum atomic E-state index is 12.1. The summed E-state index contributed by atoms with van der Waals surface area (Å²) in [6.07, 6.45) is 8.09. The highest BCUT2D eigenvalue weighted by Crippen LogP contribution is 2.49. The van der Waals surface area contributed by atoms with Gasteiger partial charge in [-0.2, -0.15) is 0 Å². The molecule has 0 radical (unpaired) electrons. The smallest absolute Gasteiger partial charge is 0.321 e. The second-order valence-corrected chi connectivity index (χ2v) is 10.9. The van der Waals surface area contributed by atoms with Gasteiger partial charge in [-0.05, 0) is 68.0 Å². The molecule has 10 heteroatoms. The van der Waals surface area contributed by atoms with E-state index in [2.05, 4.69) is 38.2 Å². The number of thiazole rings is 1. The molecule has 2 atom stereocenters. The number of aromatic nitrogens is 2. The number of rotatable bonds is 8. The molecular formula is C29H32N6O3S. The van der Waals surface area contributed by atoms with Crippen molar-refractivity contribution in [2.45, 2.75) is 33.1 Å². The van der Waals surface area contributed by atoms with Crippen LogP contribution in [0.4, 0.5) is 9.93 Å². The minimum atomic E-state index is -0.710. The van der Waals surface area contributed by atoms with Gasteiger partial charge in [0, 0.05) is 37.6 Å². The van der Waals surface area contributed by atoms with Gasteiger partial charge >= 0.3 is 12.0 Å². The highest BCUT2D eigenvalue weighted by molar-refractivity contribution is 7.22. The van der Waals surface area contributed by atoms with Crippen molar-refractivity contribution >= 4 is 50.5 Å². The average molecular weight is 545 g/mol. The second-order valence-electron chi connectivity index (χ2n) is 9.94. The summed E-state index contributed by atoms with van der Waals surface area (Å²) in [5.74, 6) is -0.00564. The summed E-state index contributed by atoms with van der Waals surface area (Å²) < 4.78 is 0.920. The fourth-order valence-electron chi connectivity index (χ4n) is 5.64. The maximum Gasteiger partial charge on any atom is 0.321 e. The lowest BCUT2D eigenvalue weighted by Crippen LogP contribution is -2.35. The quantitative estimate of drug-likeness (QED) is 0.316. The number of urea groups is 1. The normalized spacial score (nSPS) is 20.9. The Morgan fingerprint density at radius 1 is 1.36 bits per heavy atom. The molecule has 202 valence electrons. The minimum Gasteiger partial charge on any atom is -0.481 e. The molecular weight excluding hydrogens is 512 g/mol. The van der Waals surface area contributed by atoms with Crippen molar-refractivity contribution in [1.29, 1.82) is 0 Å². The van der Waals surface area contributed by atoms with Gasteiger partial charge in [0.1, 0.15) is 5.82 Å². The van der Waals surface area contributed by atoms with Crippen molar-refractivity contribution < 1.29 is 14.7 Å². The molecule has 3 N–H and O–H groups in total. The first kappa shape index (κ1) is 26.6. The topological polar surface area (TPSA) is 120 Å². The Bertz CT molecular complexity index is 1480. The first-order valence-corrected chi connectivity index (χ1v) is 13.9. The Kier molecular flexibility index (Phi) is 7.47. The minimum absolute atomic E-state index is 0.137. The molecule has 0 bridgehead atoms. The first-order chi connectivity index (χ1) is 18.8. The number of nitrogens with one attached hydrogen (secondary N) is 2. The lowest BCUT2D eigenvalue weighted by molar-refractivity contribution is -0.149. The van der Waals surface area contributed by atoms with Crippen LogP contribution in [0.5, 0.6) is 0 Å². The molecule has 1 aromatic carbocycles. The third kappa shape index (κ3) is 5.16. The van der Waals surface area contributed by atoms with Crippen LogP contribution in [-0.4, -0.2) is 57.8 Å². The predicted molar refractivity (Wildman–Crippen MR) is 156 cm³/mol. The molecule has 1 saturated heterocycles. The lowest BCUT2D eigenvalue weighted by Gasteiger charge is -2.23. The number of carboxylic acid groups (broad SMARTS) is 1. The van der Waals surface area contributed by atoms with E-state index >= 15 is 0 Å². The van der Waals surface area contributed by atoms with Crippen molar-refractivity contribution in [2.24, 2.45) is 16.3 Å². The van der Waals surface area contributed by atoms with E-state index in [1.54, 1.807) is 12.4 Å². The van der Waals surface area contributed by atoms with E-state index in [0.717, 1.165) is 45.5 Å². The third-order valence-electron chi connectivity index (χ3n) is 7.65. The molecule has 2 aliphatic rings. The third-order valence-corrected chi connectivity index (χ3v) is 8.67. The molecule has 5 rings (SSSR count). The monoisotopic (exact) mass is 544 g/mol. The summed E-state index contributed by atoms with van der Waals surface area (Å²) in [6, 6.07) is 9.49. The number of hydrogen-bond donors (Lipinski definition) is 3. The number of aliphatic carboxylic acids is 1. The van der Waals surface area contributed by atoms with Crippen LogP contribution < -0.4 is 10.6 Å². The van der Waals surface area contributed by atoms with Crippen molar-refractivity contribution in [1.82, 2.24) is 20.2 Å². The van der Waals surface area contributed by atoms with Gasteiger partial charge in [0.05, 0.1) is 21.3 Å². The molecule has 3 heterocycles. The van der Waals surface area contributed by atoms with Crippen LogP contribution >= 0.6 is 11.3 Å². The number of nitrogens with zero attached hydrogens (tertiary/aromatic N) is 4. The molecule has 2 unspecified atom stereocenters. The van der Waals surface area contributed by atoms with E-state index in [-0.39, 0.29) is 11.9 Å². The van der Waals surface area contributed by atoms with E-state index in [4.69, 9.17) is 0 Å². The lowest BCUT2D eigenvalue weighted by atomic mass is 9.81. The number of carbonyl (C=O) groups excluding carboxylic acids is 1. The standard InChI is InChI=1S/C29H32N6O3S/c1-4-19(15-32-18(3)35-16-21-9-8-11-29(21,17-35)26(36)37)20-13-22(23-10-6-7-12-31-23)25-24(14-20)33-28(39-25)34-27(38)30-5-2/h4,6-7,10,12-15,21H,3,5,8-9,11,16-17H2,1-2H3,(H,36,37)(H2,30,33,34,38)/b19-4+,32-15-. The Labute approximate surface area is 231 Å². The van der Waals surface area contributed by atoms with Crippen LogP contribution in [0.15, 0.2) is 60.0 Å². The van der Waals surface area contributed by atoms with Gasteiger partial charge in [-0.3, -0.25) is 15.1 Å². The van der Waals surface area contributed by atoms with Gasteiger partial charge in [-0.1, -0.05) is 36.5 Å². The summed E-state index contributed by atoms with van der Waals surface area (Å²) in [7, 11) is 0. The number of allylic oxidation sites excluding steroid dienone is 2. The molecule has 39 heavy (non-hydrogen) atoms. The van der Waals surface area contributed by atoms with Crippen LogP contribution in [0.25, 0.3) is 27.0 Å². The fraction of sp³-hybridized carbons (Fsp3) is 0.345.